The number of aliphatic hydroxyl groups is 1. The van der Waals surface area contributed by atoms with Gasteiger partial charge in [-0.1, -0.05) is 0 Å². The first kappa shape index (κ1) is 14.3. The summed E-state index contributed by atoms with van der Waals surface area (Å²) in [7, 11) is 0. The zero-order valence-corrected chi connectivity index (χ0v) is 9.84. The largest absolute Gasteiger partial charge is 0.416 e. The van der Waals surface area contributed by atoms with Crippen molar-refractivity contribution in [2.75, 3.05) is 11.9 Å². The number of nitriles is 1. The molecule has 0 bridgehead atoms. The van der Waals surface area contributed by atoms with Crippen molar-refractivity contribution in [1.82, 2.24) is 4.98 Å². The van der Waals surface area contributed by atoms with Gasteiger partial charge in [-0.3, -0.25) is 4.98 Å². The van der Waals surface area contributed by atoms with Gasteiger partial charge in [0, 0.05) is 12.2 Å². The van der Waals surface area contributed by atoms with Crippen LogP contribution in [0.4, 0.5) is 18.9 Å². The van der Waals surface area contributed by atoms with E-state index in [4.69, 9.17) is 10.4 Å². The molecule has 0 aliphatic carbocycles. The summed E-state index contributed by atoms with van der Waals surface area (Å²) in [5.41, 5.74) is 1.43. The average molecular weight is 259 g/mol. The number of nitrogens with zero attached hydrogens (tertiary/aromatic N) is 2. The highest BCUT2D eigenvalue weighted by molar-refractivity contribution is 5.59. The van der Waals surface area contributed by atoms with Crippen LogP contribution in [0.5, 0.6) is 0 Å². The predicted molar refractivity (Wildman–Crippen MR) is 59.0 cm³/mol. The smallest absolute Gasteiger partial charge is 0.382 e. The molecule has 1 aromatic rings. The summed E-state index contributed by atoms with van der Waals surface area (Å²) in [4.78, 5) is 4.03. The minimum absolute atomic E-state index is 0.176. The van der Waals surface area contributed by atoms with Crippen molar-refractivity contribution in [3.8, 4) is 6.07 Å². The van der Waals surface area contributed by atoms with Crippen molar-refractivity contribution >= 4 is 5.69 Å². The molecule has 1 unspecified atom stereocenters. The summed E-state index contributed by atoms with van der Waals surface area (Å²) in [5.74, 6) is 0. The van der Waals surface area contributed by atoms with E-state index in [1.165, 1.54) is 6.07 Å². The number of hydrogen-bond acceptors (Lipinski definition) is 4. The number of aromatic nitrogens is 1. The molecular weight excluding hydrogens is 247 g/mol. The van der Waals surface area contributed by atoms with E-state index < -0.39 is 18.8 Å². The van der Waals surface area contributed by atoms with Crippen LogP contribution in [-0.2, 0) is 0 Å². The molecule has 0 aliphatic heterocycles. The quantitative estimate of drug-likeness (QED) is 0.870. The fraction of sp³-hybridized carbons (Fsp3) is 0.455. The fourth-order valence-corrected chi connectivity index (χ4v) is 1.43. The van der Waals surface area contributed by atoms with Gasteiger partial charge in [-0.2, -0.15) is 18.4 Å². The molecule has 7 heteroatoms. The molecule has 0 aromatic carbocycles. The summed E-state index contributed by atoms with van der Waals surface area (Å²) in [6.45, 7) is 2.55. The van der Waals surface area contributed by atoms with Crippen LogP contribution in [0.25, 0.3) is 0 Å². The zero-order chi connectivity index (χ0) is 13.9. The normalized spacial score (nSPS) is 12.9. The number of pyridine rings is 1. The highest BCUT2D eigenvalue weighted by Gasteiger charge is 2.37. The van der Waals surface area contributed by atoms with Gasteiger partial charge in [0.05, 0.1) is 16.9 Å². The van der Waals surface area contributed by atoms with E-state index in [9.17, 15) is 13.2 Å². The molecule has 0 amide bonds. The minimum atomic E-state index is -4.68. The Kier molecular flexibility index (Phi) is 4.14. The predicted octanol–water partition coefficient (Wildman–Crippen LogP) is 1.91. The second-order valence-corrected chi connectivity index (χ2v) is 3.82. The SMILES string of the molecule is Cc1cc(NCC(O)C(F)(F)F)c(C#N)c(C)n1. The van der Waals surface area contributed by atoms with Gasteiger partial charge in [0.1, 0.15) is 6.07 Å². The number of aryl methyl sites for hydroxylation is 2. The van der Waals surface area contributed by atoms with Crippen LogP contribution in [0, 0.1) is 25.2 Å². The Morgan fingerprint density at radius 1 is 1.50 bits per heavy atom. The summed E-state index contributed by atoms with van der Waals surface area (Å²) in [5, 5.41) is 20.2. The average Bonchev–Trinajstić information content (AvgIpc) is 2.23. The molecule has 0 saturated carbocycles. The third-order valence-electron chi connectivity index (χ3n) is 2.30. The van der Waals surface area contributed by atoms with Crippen molar-refractivity contribution in [2.24, 2.45) is 0 Å². The molecule has 98 valence electrons. The molecule has 0 fully saturated rings. The molecule has 1 aromatic heterocycles. The lowest BCUT2D eigenvalue weighted by atomic mass is 10.1. The van der Waals surface area contributed by atoms with Crippen molar-refractivity contribution in [3.05, 3.63) is 23.0 Å². The Morgan fingerprint density at radius 2 is 2.11 bits per heavy atom. The Labute approximate surface area is 102 Å². The lowest BCUT2D eigenvalue weighted by molar-refractivity contribution is -0.198. The van der Waals surface area contributed by atoms with Crippen LogP contribution in [0.3, 0.4) is 0 Å². The molecular formula is C11H12F3N3O. The van der Waals surface area contributed by atoms with Crippen LogP contribution < -0.4 is 5.32 Å². The van der Waals surface area contributed by atoms with Crippen LogP contribution in [0.2, 0.25) is 0 Å². The number of aliphatic hydroxyl groups excluding tert-OH is 1. The van der Waals surface area contributed by atoms with E-state index >= 15 is 0 Å². The number of halogens is 3. The fourth-order valence-electron chi connectivity index (χ4n) is 1.43. The molecule has 0 saturated heterocycles. The standard InChI is InChI=1S/C11H12F3N3O/c1-6-3-9(8(4-15)7(2)17-6)16-5-10(18)11(12,13)14/h3,10,18H,5H2,1-2H3,(H,16,17). The van der Waals surface area contributed by atoms with Crippen LogP contribution >= 0.6 is 0 Å². The maximum Gasteiger partial charge on any atom is 0.416 e. The molecule has 18 heavy (non-hydrogen) atoms. The first-order valence-corrected chi connectivity index (χ1v) is 5.12. The van der Waals surface area contributed by atoms with Gasteiger partial charge in [0.2, 0.25) is 0 Å². The van der Waals surface area contributed by atoms with Crippen LogP contribution in [0.15, 0.2) is 6.07 Å². The molecule has 1 atom stereocenters. The highest BCUT2D eigenvalue weighted by Crippen LogP contribution is 2.22. The van der Waals surface area contributed by atoms with E-state index in [1.807, 2.05) is 6.07 Å². The van der Waals surface area contributed by atoms with Crippen molar-refractivity contribution in [1.29, 1.82) is 5.26 Å². The first-order chi connectivity index (χ1) is 8.25. The van der Waals surface area contributed by atoms with Crippen LogP contribution in [0.1, 0.15) is 17.0 Å². The minimum Gasteiger partial charge on any atom is -0.382 e. The summed E-state index contributed by atoms with van der Waals surface area (Å²) < 4.78 is 36.4. The summed E-state index contributed by atoms with van der Waals surface area (Å²) in [6.07, 6.45) is -7.16. The van der Waals surface area contributed by atoms with Gasteiger partial charge >= 0.3 is 6.18 Å². The van der Waals surface area contributed by atoms with E-state index in [2.05, 4.69) is 10.3 Å². The van der Waals surface area contributed by atoms with Crippen LogP contribution in [-0.4, -0.2) is 28.9 Å². The third-order valence-corrected chi connectivity index (χ3v) is 2.30. The van der Waals surface area contributed by atoms with Gasteiger partial charge in [-0.15, -0.1) is 0 Å². The Hall–Kier alpha value is -1.81. The van der Waals surface area contributed by atoms with Gasteiger partial charge in [0.15, 0.2) is 6.10 Å². The van der Waals surface area contributed by atoms with Crippen molar-refractivity contribution in [2.45, 2.75) is 26.1 Å². The summed E-state index contributed by atoms with van der Waals surface area (Å²) in [6, 6.07) is 3.33. The molecule has 1 heterocycles. The number of rotatable bonds is 3. The Balaban J connectivity index is 2.89. The van der Waals surface area contributed by atoms with E-state index in [0.29, 0.717) is 11.4 Å². The lowest BCUT2D eigenvalue weighted by Gasteiger charge is -2.17. The van der Waals surface area contributed by atoms with Gasteiger partial charge in [-0.25, -0.2) is 0 Å². The molecule has 0 aliphatic rings. The molecule has 4 nitrogen and oxygen atoms in total. The summed E-state index contributed by atoms with van der Waals surface area (Å²) >= 11 is 0. The zero-order valence-electron chi connectivity index (χ0n) is 9.84. The van der Waals surface area contributed by atoms with Gasteiger partial charge in [0.25, 0.3) is 0 Å². The first-order valence-electron chi connectivity index (χ1n) is 5.12. The number of nitrogens with one attached hydrogen (secondary N) is 1. The monoisotopic (exact) mass is 259 g/mol. The van der Waals surface area contributed by atoms with E-state index in [1.54, 1.807) is 13.8 Å². The van der Waals surface area contributed by atoms with Crippen molar-refractivity contribution < 1.29 is 18.3 Å². The number of hydrogen-bond donors (Lipinski definition) is 2. The Morgan fingerprint density at radius 3 is 2.61 bits per heavy atom. The molecule has 2 N–H and O–H groups in total. The number of anilines is 1. The van der Waals surface area contributed by atoms with Crippen molar-refractivity contribution in [3.63, 3.8) is 0 Å². The highest BCUT2D eigenvalue weighted by atomic mass is 19.4. The molecule has 0 spiro atoms. The van der Waals surface area contributed by atoms with E-state index in [-0.39, 0.29) is 11.3 Å². The lowest BCUT2D eigenvalue weighted by Crippen LogP contribution is -2.35. The second kappa shape index (κ2) is 5.23. The van der Waals surface area contributed by atoms with Gasteiger partial charge in [-0.05, 0) is 19.9 Å². The maximum atomic E-state index is 12.1. The number of alkyl halides is 3. The topological polar surface area (TPSA) is 68.9 Å². The molecule has 1 rings (SSSR count). The van der Waals surface area contributed by atoms with E-state index in [0.717, 1.165) is 0 Å². The maximum absolute atomic E-state index is 12.1. The third kappa shape index (κ3) is 3.34. The Bertz CT molecular complexity index is 480. The van der Waals surface area contributed by atoms with Gasteiger partial charge < -0.3 is 10.4 Å². The molecule has 0 radical (unpaired) electrons. The second-order valence-electron chi connectivity index (χ2n) is 3.82.